The lowest BCUT2D eigenvalue weighted by molar-refractivity contribution is -0.138. The molecule has 8 heteroatoms. The van der Waals surface area contributed by atoms with E-state index in [-0.39, 0.29) is 36.1 Å². The molecule has 1 aliphatic rings. The first-order chi connectivity index (χ1) is 14.8. The number of aromatic nitrogens is 2. The molecule has 31 heavy (non-hydrogen) atoms. The van der Waals surface area contributed by atoms with Crippen molar-refractivity contribution in [3.63, 3.8) is 0 Å². The van der Waals surface area contributed by atoms with E-state index in [1.54, 1.807) is 29.0 Å². The molecule has 0 saturated carbocycles. The largest absolute Gasteiger partial charge is 0.349 e. The third-order valence-corrected chi connectivity index (χ3v) is 5.57. The van der Waals surface area contributed by atoms with Crippen molar-refractivity contribution in [1.82, 2.24) is 25.3 Å². The molecule has 1 saturated heterocycles. The lowest BCUT2D eigenvalue weighted by Gasteiger charge is -2.35. The van der Waals surface area contributed by atoms with Crippen molar-refractivity contribution in [2.24, 2.45) is 13.0 Å². The Labute approximate surface area is 183 Å². The van der Waals surface area contributed by atoms with Crippen LogP contribution in [0.5, 0.6) is 0 Å². The van der Waals surface area contributed by atoms with Crippen LogP contribution in [-0.4, -0.2) is 57.6 Å². The summed E-state index contributed by atoms with van der Waals surface area (Å²) in [6, 6.07) is 8.95. The van der Waals surface area contributed by atoms with Crippen LogP contribution in [0, 0.1) is 5.92 Å². The van der Waals surface area contributed by atoms with Gasteiger partial charge in [0.05, 0.1) is 18.2 Å². The number of nitrogens with zero attached hydrogens (tertiary/aromatic N) is 3. The molecule has 0 spiro atoms. The fourth-order valence-corrected chi connectivity index (χ4v) is 3.77. The quantitative estimate of drug-likeness (QED) is 0.703. The summed E-state index contributed by atoms with van der Waals surface area (Å²) in [7, 11) is 1.77. The highest BCUT2D eigenvalue weighted by molar-refractivity contribution is 5.94. The van der Waals surface area contributed by atoms with Gasteiger partial charge in [0.1, 0.15) is 6.04 Å². The number of hydrogen-bond donors (Lipinski definition) is 2. The normalized spacial score (nSPS) is 15.5. The van der Waals surface area contributed by atoms with E-state index in [9.17, 15) is 14.4 Å². The second kappa shape index (κ2) is 10.2. The van der Waals surface area contributed by atoms with Gasteiger partial charge in [-0.2, -0.15) is 5.10 Å². The zero-order chi connectivity index (χ0) is 22.4. The van der Waals surface area contributed by atoms with Gasteiger partial charge in [-0.1, -0.05) is 44.2 Å². The number of carbonyl (C=O) groups excluding carboxylic acids is 3. The van der Waals surface area contributed by atoms with Gasteiger partial charge in [-0.05, 0) is 24.3 Å². The van der Waals surface area contributed by atoms with Gasteiger partial charge < -0.3 is 15.5 Å². The molecule has 1 unspecified atom stereocenters. The van der Waals surface area contributed by atoms with Gasteiger partial charge in [0.15, 0.2) is 0 Å². The standard InChI is InChI=1S/C23H31N5O3/c1-16(2)21(26-20(29)13-17-7-5-4-6-8-17)23(31)28-11-9-19(10-12-28)25-22(30)18-14-24-27(3)15-18/h4-8,14-16,19,21H,9-13H2,1-3H3,(H,25,30)(H,26,29). The van der Waals surface area contributed by atoms with Crippen molar-refractivity contribution in [2.75, 3.05) is 13.1 Å². The maximum atomic E-state index is 13.1. The molecule has 3 rings (SSSR count). The SMILES string of the molecule is CC(C)C(NC(=O)Cc1ccccc1)C(=O)N1CCC(NC(=O)c2cnn(C)c2)CC1. The van der Waals surface area contributed by atoms with E-state index in [0.717, 1.165) is 5.56 Å². The van der Waals surface area contributed by atoms with Crippen LogP contribution in [0.4, 0.5) is 0 Å². The number of benzene rings is 1. The fraction of sp³-hybridized carbons (Fsp3) is 0.478. The third-order valence-electron chi connectivity index (χ3n) is 5.57. The Hall–Kier alpha value is -3.16. The highest BCUT2D eigenvalue weighted by Gasteiger charge is 2.31. The molecule has 1 fully saturated rings. The van der Waals surface area contributed by atoms with E-state index in [0.29, 0.717) is 31.5 Å². The minimum absolute atomic E-state index is 0.0157. The van der Waals surface area contributed by atoms with Crippen LogP contribution in [-0.2, 0) is 23.1 Å². The predicted molar refractivity (Wildman–Crippen MR) is 117 cm³/mol. The van der Waals surface area contributed by atoms with Gasteiger partial charge in [0, 0.05) is 32.4 Å². The smallest absolute Gasteiger partial charge is 0.254 e. The molecule has 0 bridgehead atoms. The maximum Gasteiger partial charge on any atom is 0.254 e. The van der Waals surface area contributed by atoms with Crippen LogP contribution in [0.3, 0.4) is 0 Å². The van der Waals surface area contributed by atoms with E-state index < -0.39 is 6.04 Å². The number of amides is 3. The molecule has 1 atom stereocenters. The van der Waals surface area contributed by atoms with Gasteiger partial charge >= 0.3 is 0 Å². The fourth-order valence-electron chi connectivity index (χ4n) is 3.77. The Morgan fingerprint density at radius 2 is 1.81 bits per heavy atom. The number of aryl methyl sites for hydroxylation is 1. The van der Waals surface area contributed by atoms with Crippen LogP contribution in [0.15, 0.2) is 42.7 Å². The van der Waals surface area contributed by atoms with Crippen molar-refractivity contribution in [2.45, 2.75) is 45.2 Å². The van der Waals surface area contributed by atoms with Crippen LogP contribution in [0.25, 0.3) is 0 Å². The Bertz CT molecular complexity index is 901. The summed E-state index contributed by atoms with van der Waals surface area (Å²) in [5, 5.41) is 9.96. The van der Waals surface area contributed by atoms with Gasteiger partial charge in [0.2, 0.25) is 11.8 Å². The molecular formula is C23H31N5O3. The molecule has 2 heterocycles. The average Bonchev–Trinajstić information content (AvgIpc) is 3.19. The highest BCUT2D eigenvalue weighted by atomic mass is 16.2. The van der Waals surface area contributed by atoms with Crippen LogP contribution < -0.4 is 10.6 Å². The topological polar surface area (TPSA) is 96.3 Å². The van der Waals surface area contributed by atoms with Gasteiger partial charge in [-0.15, -0.1) is 0 Å². The van der Waals surface area contributed by atoms with E-state index in [2.05, 4.69) is 15.7 Å². The first kappa shape index (κ1) is 22.5. The van der Waals surface area contributed by atoms with Crippen LogP contribution in [0.2, 0.25) is 0 Å². The molecule has 1 aliphatic heterocycles. The summed E-state index contributed by atoms with van der Waals surface area (Å²) in [6.07, 6.45) is 4.83. The molecule has 1 aromatic heterocycles. The second-order valence-electron chi connectivity index (χ2n) is 8.43. The summed E-state index contributed by atoms with van der Waals surface area (Å²) < 4.78 is 1.59. The molecule has 1 aromatic carbocycles. The third kappa shape index (κ3) is 6.16. The summed E-state index contributed by atoms with van der Waals surface area (Å²) >= 11 is 0. The lowest BCUT2D eigenvalue weighted by Crippen LogP contribution is -2.55. The van der Waals surface area contributed by atoms with Gasteiger partial charge in [-0.3, -0.25) is 19.1 Å². The van der Waals surface area contributed by atoms with Crippen molar-refractivity contribution in [3.05, 3.63) is 53.9 Å². The zero-order valence-corrected chi connectivity index (χ0v) is 18.4. The molecule has 2 aromatic rings. The molecule has 0 aliphatic carbocycles. The molecule has 8 nitrogen and oxygen atoms in total. The molecule has 3 amide bonds. The molecule has 2 N–H and O–H groups in total. The number of hydrogen-bond acceptors (Lipinski definition) is 4. The molecule has 166 valence electrons. The Kier molecular flexibility index (Phi) is 7.44. The number of carbonyl (C=O) groups is 3. The van der Waals surface area contributed by atoms with Crippen molar-refractivity contribution in [1.29, 1.82) is 0 Å². The summed E-state index contributed by atoms with van der Waals surface area (Å²) in [5.74, 6) is -0.383. The summed E-state index contributed by atoms with van der Waals surface area (Å²) in [5.41, 5.74) is 1.45. The van der Waals surface area contributed by atoms with Gasteiger partial charge in [-0.25, -0.2) is 0 Å². The highest BCUT2D eigenvalue weighted by Crippen LogP contribution is 2.15. The summed E-state index contributed by atoms with van der Waals surface area (Å²) in [6.45, 7) is 4.97. The molecule has 0 radical (unpaired) electrons. The second-order valence-corrected chi connectivity index (χ2v) is 8.43. The minimum atomic E-state index is -0.558. The number of nitrogens with one attached hydrogen (secondary N) is 2. The van der Waals surface area contributed by atoms with Crippen LogP contribution >= 0.6 is 0 Å². The van der Waals surface area contributed by atoms with Crippen molar-refractivity contribution >= 4 is 17.7 Å². The first-order valence-electron chi connectivity index (χ1n) is 10.7. The summed E-state index contributed by atoms with van der Waals surface area (Å²) in [4.78, 5) is 39.7. The van der Waals surface area contributed by atoms with Crippen LogP contribution in [0.1, 0.15) is 42.6 Å². The number of rotatable bonds is 7. The van der Waals surface area contributed by atoms with E-state index in [4.69, 9.17) is 0 Å². The van der Waals surface area contributed by atoms with E-state index in [1.165, 1.54) is 0 Å². The van der Waals surface area contributed by atoms with Crippen molar-refractivity contribution in [3.8, 4) is 0 Å². The Morgan fingerprint density at radius 3 is 2.39 bits per heavy atom. The minimum Gasteiger partial charge on any atom is -0.349 e. The first-order valence-corrected chi connectivity index (χ1v) is 10.7. The average molecular weight is 426 g/mol. The lowest BCUT2D eigenvalue weighted by atomic mass is 9.99. The molecular weight excluding hydrogens is 394 g/mol. The predicted octanol–water partition coefficient (Wildman–Crippen LogP) is 1.52. The number of likely N-dealkylation sites (tertiary alicyclic amines) is 1. The maximum absolute atomic E-state index is 13.1. The van der Waals surface area contributed by atoms with Gasteiger partial charge in [0.25, 0.3) is 5.91 Å². The Balaban J connectivity index is 1.51. The zero-order valence-electron chi connectivity index (χ0n) is 18.4. The Morgan fingerprint density at radius 1 is 1.13 bits per heavy atom. The monoisotopic (exact) mass is 425 g/mol. The number of piperidine rings is 1. The van der Waals surface area contributed by atoms with E-state index in [1.807, 2.05) is 44.2 Å². The van der Waals surface area contributed by atoms with Crippen molar-refractivity contribution < 1.29 is 14.4 Å². The van der Waals surface area contributed by atoms with E-state index >= 15 is 0 Å².